The molecule has 25 heavy (non-hydrogen) atoms. The van der Waals surface area contributed by atoms with Gasteiger partial charge in [0.2, 0.25) is 0 Å². The minimum atomic E-state index is 0.238. The normalized spacial score (nSPS) is 18.0. The van der Waals surface area contributed by atoms with Gasteiger partial charge in [0, 0.05) is 42.5 Å². The van der Waals surface area contributed by atoms with Crippen molar-refractivity contribution in [2.75, 3.05) is 24.6 Å². The fourth-order valence-electron chi connectivity index (χ4n) is 3.49. The summed E-state index contributed by atoms with van der Waals surface area (Å²) in [7, 11) is 0. The maximum absolute atomic E-state index is 9.59. The van der Waals surface area contributed by atoms with Crippen LogP contribution < -0.4 is 4.90 Å². The molecule has 130 valence electrons. The molecule has 0 aromatic carbocycles. The number of aryl methyl sites for hydroxylation is 2. The largest absolute Gasteiger partial charge is 0.396 e. The quantitative estimate of drug-likeness (QED) is 0.779. The smallest absolute Gasteiger partial charge is 0.164 e. The van der Waals surface area contributed by atoms with Crippen LogP contribution in [0.3, 0.4) is 0 Å². The lowest BCUT2D eigenvalue weighted by Crippen LogP contribution is -2.37. The molecule has 5 nitrogen and oxygen atoms in total. The van der Waals surface area contributed by atoms with Gasteiger partial charge in [0.15, 0.2) is 5.82 Å². The summed E-state index contributed by atoms with van der Waals surface area (Å²) in [4.78, 5) is 18.6. The first-order chi connectivity index (χ1) is 12.2. The van der Waals surface area contributed by atoms with E-state index in [9.17, 15) is 5.11 Å². The van der Waals surface area contributed by atoms with E-state index in [1.165, 1.54) is 10.4 Å². The molecule has 0 aliphatic carbocycles. The zero-order chi connectivity index (χ0) is 17.4. The van der Waals surface area contributed by atoms with Crippen LogP contribution in [0, 0.1) is 19.8 Å². The molecular formula is C19H22N4OS. The lowest BCUT2D eigenvalue weighted by Gasteiger charge is -2.33. The number of aliphatic hydroxyl groups excluding tert-OH is 1. The highest BCUT2D eigenvalue weighted by atomic mass is 32.1. The molecule has 1 N–H and O–H groups in total. The Hall–Kier alpha value is -2.05. The van der Waals surface area contributed by atoms with Crippen LogP contribution in [0.15, 0.2) is 24.5 Å². The van der Waals surface area contributed by atoms with Crippen molar-refractivity contribution >= 4 is 27.4 Å². The highest BCUT2D eigenvalue weighted by Gasteiger charge is 2.25. The standard InChI is InChI=1S/C19H22N4OS/c1-12-13(2)25-19-16(12)18(23-8-4-5-14(10-23)11-24)21-17(22-19)15-6-3-7-20-9-15/h3,6-7,9,14,24H,4-5,8,10-11H2,1-2H3/t14-/m0/s1. The number of aliphatic hydroxyl groups is 1. The maximum atomic E-state index is 9.59. The number of nitrogens with zero attached hydrogens (tertiary/aromatic N) is 4. The number of piperidine rings is 1. The van der Waals surface area contributed by atoms with Gasteiger partial charge in [-0.05, 0) is 50.3 Å². The summed E-state index contributed by atoms with van der Waals surface area (Å²) < 4.78 is 0. The number of fused-ring (bicyclic) bond motifs is 1. The Kier molecular flexibility index (Phi) is 4.39. The molecule has 0 saturated carbocycles. The summed E-state index contributed by atoms with van der Waals surface area (Å²) in [6, 6.07) is 3.91. The van der Waals surface area contributed by atoms with Crippen LogP contribution in [0.25, 0.3) is 21.6 Å². The van der Waals surface area contributed by atoms with Gasteiger partial charge in [-0.25, -0.2) is 9.97 Å². The van der Waals surface area contributed by atoms with Crippen molar-refractivity contribution in [3.63, 3.8) is 0 Å². The van der Waals surface area contributed by atoms with Gasteiger partial charge in [0.25, 0.3) is 0 Å². The zero-order valence-electron chi connectivity index (χ0n) is 14.6. The third-order valence-electron chi connectivity index (χ3n) is 5.01. The van der Waals surface area contributed by atoms with Crippen molar-refractivity contribution < 1.29 is 5.11 Å². The van der Waals surface area contributed by atoms with Crippen molar-refractivity contribution in [2.45, 2.75) is 26.7 Å². The topological polar surface area (TPSA) is 62.1 Å². The fraction of sp³-hybridized carbons (Fsp3) is 0.421. The summed E-state index contributed by atoms with van der Waals surface area (Å²) in [5.41, 5.74) is 2.20. The number of hydrogen-bond donors (Lipinski definition) is 1. The van der Waals surface area contributed by atoms with Crippen LogP contribution in [0.5, 0.6) is 0 Å². The van der Waals surface area contributed by atoms with Gasteiger partial charge in [-0.15, -0.1) is 11.3 Å². The van der Waals surface area contributed by atoms with Crippen molar-refractivity contribution in [1.29, 1.82) is 0 Å². The number of anilines is 1. The lowest BCUT2D eigenvalue weighted by atomic mass is 9.98. The predicted molar refractivity (Wildman–Crippen MR) is 102 cm³/mol. The minimum absolute atomic E-state index is 0.238. The first-order valence-electron chi connectivity index (χ1n) is 8.71. The number of aromatic nitrogens is 3. The molecule has 0 bridgehead atoms. The van der Waals surface area contributed by atoms with Gasteiger partial charge >= 0.3 is 0 Å². The van der Waals surface area contributed by atoms with Crippen LogP contribution in [-0.4, -0.2) is 39.8 Å². The Bertz CT molecular complexity index is 893. The molecular weight excluding hydrogens is 332 g/mol. The summed E-state index contributed by atoms with van der Waals surface area (Å²) in [6.07, 6.45) is 5.74. The number of pyridine rings is 1. The second kappa shape index (κ2) is 6.69. The van der Waals surface area contributed by atoms with Crippen LogP contribution >= 0.6 is 11.3 Å². The van der Waals surface area contributed by atoms with Crippen LogP contribution in [0.2, 0.25) is 0 Å². The molecule has 1 saturated heterocycles. The van der Waals surface area contributed by atoms with Gasteiger partial charge in [-0.2, -0.15) is 0 Å². The highest BCUT2D eigenvalue weighted by molar-refractivity contribution is 7.18. The van der Waals surface area contributed by atoms with E-state index in [-0.39, 0.29) is 6.61 Å². The average Bonchev–Trinajstić information content (AvgIpc) is 2.96. The van der Waals surface area contributed by atoms with Crippen molar-refractivity contribution in [2.24, 2.45) is 5.92 Å². The summed E-state index contributed by atoms with van der Waals surface area (Å²) >= 11 is 1.72. The highest BCUT2D eigenvalue weighted by Crippen LogP contribution is 2.37. The summed E-state index contributed by atoms with van der Waals surface area (Å²) in [5.74, 6) is 2.05. The Morgan fingerprint density at radius 1 is 1.32 bits per heavy atom. The third-order valence-corrected chi connectivity index (χ3v) is 6.11. The third kappa shape index (κ3) is 3.00. The Morgan fingerprint density at radius 3 is 2.96 bits per heavy atom. The van der Waals surface area contributed by atoms with E-state index in [1.54, 1.807) is 17.5 Å². The number of hydrogen-bond acceptors (Lipinski definition) is 6. The molecule has 3 aromatic heterocycles. The van der Waals surface area contributed by atoms with Gasteiger partial charge in [-0.3, -0.25) is 4.98 Å². The molecule has 4 rings (SSSR count). The molecule has 0 amide bonds. The number of thiophene rings is 1. The van der Waals surface area contributed by atoms with Crippen LogP contribution in [0.4, 0.5) is 5.82 Å². The molecule has 3 aromatic rings. The van der Waals surface area contributed by atoms with Crippen molar-refractivity contribution in [3.05, 3.63) is 35.0 Å². The molecule has 0 spiro atoms. The number of rotatable bonds is 3. The van der Waals surface area contributed by atoms with E-state index in [0.717, 1.165) is 53.4 Å². The van der Waals surface area contributed by atoms with E-state index in [4.69, 9.17) is 9.97 Å². The summed E-state index contributed by atoms with van der Waals surface area (Å²) in [6.45, 7) is 6.36. The van der Waals surface area contributed by atoms with Crippen molar-refractivity contribution in [3.8, 4) is 11.4 Å². The molecule has 0 unspecified atom stereocenters. The van der Waals surface area contributed by atoms with Gasteiger partial charge < -0.3 is 10.0 Å². The van der Waals surface area contributed by atoms with Gasteiger partial charge in [-0.1, -0.05) is 0 Å². The second-order valence-corrected chi connectivity index (χ2v) is 7.92. The van der Waals surface area contributed by atoms with E-state index in [2.05, 4.69) is 23.7 Å². The predicted octanol–water partition coefficient (Wildman–Crippen LogP) is 3.58. The van der Waals surface area contributed by atoms with E-state index in [0.29, 0.717) is 5.92 Å². The Balaban J connectivity index is 1.88. The maximum Gasteiger partial charge on any atom is 0.164 e. The minimum Gasteiger partial charge on any atom is -0.396 e. The molecule has 6 heteroatoms. The zero-order valence-corrected chi connectivity index (χ0v) is 15.4. The van der Waals surface area contributed by atoms with Gasteiger partial charge in [0.05, 0.1) is 5.39 Å². The molecule has 1 atom stereocenters. The first kappa shape index (κ1) is 16.4. The van der Waals surface area contributed by atoms with E-state index in [1.807, 2.05) is 18.3 Å². The Labute approximate surface area is 151 Å². The molecule has 0 radical (unpaired) electrons. The van der Waals surface area contributed by atoms with Gasteiger partial charge in [0.1, 0.15) is 10.6 Å². The van der Waals surface area contributed by atoms with Crippen LogP contribution in [0.1, 0.15) is 23.3 Å². The molecule has 4 heterocycles. The lowest BCUT2D eigenvalue weighted by molar-refractivity contribution is 0.208. The van der Waals surface area contributed by atoms with E-state index >= 15 is 0 Å². The Morgan fingerprint density at radius 2 is 2.20 bits per heavy atom. The average molecular weight is 354 g/mol. The first-order valence-corrected chi connectivity index (χ1v) is 9.53. The summed E-state index contributed by atoms with van der Waals surface area (Å²) in [5, 5.41) is 10.8. The fourth-order valence-corrected chi connectivity index (χ4v) is 4.51. The molecule has 1 aliphatic rings. The second-order valence-electron chi connectivity index (χ2n) is 6.71. The molecule has 1 fully saturated rings. The van der Waals surface area contributed by atoms with Crippen LogP contribution in [-0.2, 0) is 0 Å². The van der Waals surface area contributed by atoms with Crippen molar-refractivity contribution in [1.82, 2.24) is 15.0 Å². The molecule has 1 aliphatic heterocycles. The monoisotopic (exact) mass is 354 g/mol. The SMILES string of the molecule is Cc1sc2nc(-c3cccnc3)nc(N3CCC[C@H](CO)C3)c2c1C. The van der Waals surface area contributed by atoms with E-state index < -0.39 is 0 Å².